The molecule has 0 aromatic carbocycles. The van der Waals surface area contributed by atoms with Crippen molar-refractivity contribution in [3.63, 3.8) is 0 Å². The van der Waals surface area contributed by atoms with Gasteiger partial charge in [0.2, 0.25) is 5.91 Å². The van der Waals surface area contributed by atoms with Gasteiger partial charge in [-0.1, -0.05) is 0 Å². The Labute approximate surface area is 166 Å². The predicted molar refractivity (Wildman–Crippen MR) is 95.6 cm³/mol. The number of rotatable bonds is 7. The Kier molecular flexibility index (Phi) is 6.47. The molecular weight excluding hydrogens is 449 g/mol. The molecule has 2 aromatic heterocycles. The van der Waals surface area contributed by atoms with E-state index in [1.165, 1.54) is 18.5 Å². The van der Waals surface area contributed by atoms with E-state index >= 15 is 0 Å². The number of carbonyl (C=O) groups excluding carboxylic acids is 1. The van der Waals surface area contributed by atoms with Crippen molar-refractivity contribution >= 4 is 27.5 Å². The van der Waals surface area contributed by atoms with Crippen LogP contribution in [0.1, 0.15) is 29.2 Å². The maximum atomic E-state index is 12.8. The summed E-state index contributed by atoms with van der Waals surface area (Å²) < 4.78 is 40.9. The number of nitrogens with zero attached hydrogens (tertiary/aromatic N) is 5. The minimum atomic E-state index is -4.58. The first-order valence-corrected chi connectivity index (χ1v) is 8.98. The van der Waals surface area contributed by atoms with Gasteiger partial charge in [0.15, 0.2) is 5.69 Å². The molecule has 0 radical (unpaired) electrons. The maximum absolute atomic E-state index is 12.8. The number of nitro groups is 1. The fourth-order valence-electron chi connectivity index (χ4n) is 2.69. The van der Waals surface area contributed by atoms with Crippen LogP contribution in [0.5, 0.6) is 0 Å². The molecule has 0 aliphatic rings. The molecule has 28 heavy (non-hydrogen) atoms. The summed E-state index contributed by atoms with van der Waals surface area (Å²) in [6.07, 6.45) is -4.65. The average molecular weight is 467 g/mol. The quantitative estimate of drug-likeness (QED) is 0.498. The van der Waals surface area contributed by atoms with E-state index in [-0.39, 0.29) is 53.5 Å². The summed E-state index contributed by atoms with van der Waals surface area (Å²) in [5, 5.41) is 21.2. The first-order chi connectivity index (χ1) is 12.9. The third-order valence-electron chi connectivity index (χ3n) is 4.12. The molecule has 0 aliphatic carbocycles. The van der Waals surface area contributed by atoms with E-state index in [4.69, 9.17) is 0 Å². The van der Waals surface area contributed by atoms with Gasteiger partial charge in [-0.15, -0.1) is 0 Å². The number of amides is 1. The van der Waals surface area contributed by atoms with Crippen molar-refractivity contribution in [1.82, 2.24) is 24.9 Å². The van der Waals surface area contributed by atoms with Crippen molar-refractivity contribution in [3.8, 4) is 0 Å². The van der Waals surface area contributed by atoms with Gasteiger partial charge in [-0.2, -0.15) is 23.4 Å². The third kappa shape index (κ3) is 4.69. The lowest BCUT2D eigenvalue weighted by atomic mass is 10.3. The van der Waals surface area contributed by atoms with Crippen molar-refractivity contribution in [2.45, 2.75) is 46.5 Å². The fraction of sp³-hybridized carbons (Fsp3) is 0.533. The van der Waals surface area contributed by atoms with Gasteiger partial charge in [-0.05, 0) is 36.7 Å². The Hall–Kier alpha value is -2.44. The Morgan fingerprint density at radius 3 is 2.29 bits per heavy atom. The van der Waals surface area contributed by atoms with Crippen molar-refractivity contribution in [1.29, 1.82) is 0 Å². The highest BCUT2D eigenvalue weighted by Crippen LogP contribution is 2.35. The van der Waals surface area contributed by atoms with Gasteiger partial charge in [-0.3, -0.25) is 24.3 Å². The summed E-state index contributed by atoms with van der Waals surface area (Å²) in [4.78, 5) is 22.4. The molecule has 0 saturated carbocycles. The molecule has 2 rings (SSSR count). The highest BCUT2D eigenvalue weighted by Gasteiger charge is 2.37. The zero-order valence-electron chi connectivity index (χ0n) is 15.3. The van der Waals surface area contributed by atoms with Crippen LogP contribution < -0.4 is 5.32 Å². The second-order valence-corrected chi connectivity index (χ2v) is 6.86. The number of aryl methyl sites for hydroxylation is 2. The molecule has 154 valence electrons. The molecule has 0 spiro atoms. The maximum Gasteiger partial charge on any atom is 0.436 e. The van der Waals surface area contributed by atoms with Gasteiger partial charge in [0.25, 0.3) is 0 Å². The number of alkyl halides is 3. The predicted octanol–water partition coefficient (Wildman–Crippen LogP) is 2.90. The molecule has 1 N–H and O–H groups in total. The molecule has 0 saturated heterocycles. The number of hydrogen-bond acceptors (Lipinski definition) is 5. The van der Waals surface area contributed by atoms with Crippen molar-refractivity contribution in [2.24, 2.45) is 0 Å². The minimum Gasteiger partial charge on any atom is -0.354 e. The first kappa shape index (κ1) is 21.9. The smallest absolute Gasteiger partial charge is 0.354 e. The number of nitrogens with one attached hydrogen (secondary N) is 1. The van der Waals surface area contributed by atoms with E-state index in [9.17, 15) is 28.1 Å². The molecule has 0 fully saturated rings. The van der Waals surface area contributed by atoms with Gasteiger partial charge < -0.3 is 5.32 Å². The Balaban J connectivity index is 1.89. The second kappa shape index (κ2) is 8.29. The normalized spacial score (nSPS) is 11.7. The van der Waals surface area contributed by atoms with E-state index in [2.05, 4.69) is 31.4 Å². The molecule has 0 atom stereocenters. The lowest BCUT2D eigenvalue weighted by Crippen LogP contribution is -2.28. The average Bonchev–Trinajstić information content (AvgIpc) is 3.02. The van der Waals surface area contributed by atoms with Crippen LogP contribution in [0.15, 0.2) is 4.47 Å². The van der Waals surface area contributed by atoms with Crippen molar-refractivity contribution < 1.29 is 22.9 Å². The Bertz CT molecular complexity index is 906. The minimum absolute atomic E-state index is 0.0161. The number of hydrogen-bond donors (Lipinski definition) is 1. The van der Waals surface area contributed by atoms with Crippen LogP contribution >= 0.6 is 15.9 Å². The van der Waals surface area contributed by atoms with Gasteiger partial charge in [0.1, 0.15) is 11.4 Å². The van der Waals surface area contributed by atoms with E-state index in [1.807, 2.05) is 0 Å². The van der Waals surface area contributed by atoms with Gasteiger partial charge in [-0.25, -0.2) is 0 Å². The van der Waals surface area contributed by atoms with Crippen molar-refractivity contribution in [2.75, 3.05) is 6.54 Å². The number of carbonyl (C=O) groups is 1. The lowest BCUT2D eigenvalue weighted by molar-refractivity contribution is -0.386. The SMILES string of the molecule is Cc1nn(CCNC(=O)CCn2nc(C(F)(F)F)c(Br)c2C)c(C)c1[N+](=O)[O-]. The molecule has 2 heterocycles. The molecule has 0 aliphatic heterocycles. The summed E-state index contributed by atoms with van der Waals surface area (Å²) >= 11 is 2.87. The Morgan fingerprint density at radius 1 is 1.18 bits per heavy atom. The zero-order chi connectivity index (χ0) is 21.2. The molecule has 1 amide bonds. The highest BCUT2D eigenvalue weighted by atomic mass is 79.9. The summed E-state index contributed by atoms with van der Waals surface area (Å²) in [5.41, 5.74) is -0.152. The van der Waals surface area contributed by atoms with Gasteiger partial charge in [0, 0.05) is 13.0 Å². The fourth-order valence-corrected chi connectivity index (χ4v) is 3.20. The van der Waals surface area contributed by atoms with E-state index < -0.39 is 16.8 Å². The number of halogens is 4. The summed E-state index contributed by atoms with van der Waals surface area (Å²) in [5.74, 6) is -0.379. The van der Waals surface area contributed by atoms with Gasteiger partial charge >= 0.3 is 11.9 Å². The van der Waals surface area contributed by atoms with E-state index in [0.29, 0.717) is 5.69 Å². The summed E-state index contributed by atoms with van der Waals surface area (Å²) in [6.45, 7) is 4.96. The first-order valence-electron chi connectivity index (χ1n) is 8.18. The Morgan fingerprint density at radius 2 is 1.79 bits per heavy atom. The van der Waals surface area contributed by atoms with Crippen LogP contribution in [-0.2, 0) is 24.1 Å². The van der Waals surface area contributed by atoms with Crippen molar-refractivity contribution in [3.05, 3.63) is 37.4 Å². The van der Waals surface area contributed by atoms with Crippen LogP contribution in [0.3, 0.4) is 0 Å². The lowest BCUT2D eigenvalue weighted by Gasteiger charge is -2.08. The molecular formula is C15H18BrF3N6O3. The van der Waals surface area contributed by atoms with Gasteiger partial charge in [0.05, 0.1) is 28.2 Å². The summed E-state index contributed by atoms with van der Waals surface area (Å²) in [7, 11) is 0. The van der Waals surface area contributed by atoms with Crippen LogP contribution in [0.25, 0.3) is 0 Å². The number of aromatic nitrogens is 4. The molecule has 0 unspecified atom stereocenters. The van der Waals surface area contributed by atoms with Crippen LogP contribution in [0, 0.1) is 30.9 Å². The molecule has 9 nitrogen and oxygen atoms in total. The largest absolute Gasteiger partial charge is 0.436 e. The van der Waals surface area contributed by atoms with Crippen LogP contribution in [0.2, 0.25) is 0 Å². The van der Waals surface area contributed by atoms with E-state index in [0.717, 1.165) is 4.68 Å². The standard InChI is InChI=1S/C15H18BrF3N6O3/c1-8-13(25(27)28)10(3)24(21-8)7-5-20-11(26)4-6-23-9(2)12(16)14(22-23)15(17,18)19/h4-7H2,1-3H3,(H,20,26). The van der Waals surface area contributed by atoms with Crippen LogP contribution in [0.4, 0.5) is 18.9 Å². The zero-order valence-corrected chi connectivity index (χ0v) is 16.9. The molecule has 2 aromatic rings. The highest BCUT2D eigenvalue weighted by molar-refractivity contribution is 9.10. The van der Waals surface area contributed by atoms with Crippen LogP contribution in [-0.4, -0.2) is 36.9 Å². The topological polar surface area (TPSA) is 108 Å². The molecule has 0 bridgehead atoms. The molecule has 13 heteroatoms. The van der Waals surface area contributed by atoms with E-state index in [1.54, 1.807) is 6.92 Å². The second-order valence-electron chi connectivity index (χ2n) is 6.07. The monoisotopic (exact) mass is 466 g/mol. The summed E-state index contributed by atoms with van der Waals surface area (Å²) in [6, 6.07) is 0. The third-order valence-corrected chi connectivity index (χ3v) is 5.07.